The first-order chi connectivity index (χ1) is 15.5. The van der Waals surface area contributed by atoms with Gasteiger partial charge in [0.25, 0.3) is 0 Å². The predicted molar refractivity (Wildman–Crippen MR) is 128 cm³/mol. The Kier molecular flexibility index (Phi) is 6.49. The van der Waals surface area contributed by atoms with E-state index in [2.05, 4.69) is 4.57 Å². The molecule has 2 saturated heterocycles. The van der Waals surface area contributed by atoms with Crippen molar-refractivity contribution >= 4 is 44.4 Å². The minimum absolute atomic E-state index is 0.158. The van der Waals surface area contributed by atoms with Gasteiger partial charge >= 0.3 is 0 Å². The molecule has 2 fully saturated rings. The number of thioether (sulfide) groups is 1. The number of hydrogen-bond donors (Lipinski definition) is 0. The molecule has 5 rings (SSSR count). The van der Waals surface area contributed by atoms with Gasteiger partial charge in [-0.2, -0.15) is 4.31 Å². The van der Waals surface area contributed by atoms with Crippen molar-refractivity contribution in [3.8, 4) is 0 Å². The second kappa shape index (κ2) is 9.35. The minimum atomic E-state index is -3.48. The summed E-state index contributed by atoms with van der Waals surface area (Å²) in [6.45, 7) is 2.69. The molecule has 0 radical (unpaired) electrons. The first kappa shape index (κ1) is 22.2. The van der Waals surface area contributed by atoms with Crippen LogP contribution in [0, 0.1) is 0 Å². The highest BCUT2D eigenvalue weighted by molar-refractivity contribution is 7.98. The fraction of sp³-hybridized carbons (Fsp3) is 0.435. The highest BCUT2D eigenvalue weighted by Crippen LogP contribution is 2.31. The third-order valence-electron chi connectivity index (χ3n) is 6.05. The monoisotopic (exact) mass is 491 g/mol. The summed E-state index contributed by atoms with van der Waals surface area (Å²) in [5.41, 5.74) is 2.77. The summed E-state index contributed by atoms with van der Waals surface area (Å²) >= 11 is 7.78. The zero-order chi connectivity index (χ0) is 22.1. The topological polar surface area (TPSA) is 64.4 Å². The number of ether oxygens (including phenoxy) is 1. The maximum Gasteiger partial charge on any atom is 0.243 e. The van der Waals surface area contributed by atoms with Gasteiger partial charge < -0.3 is 9.30 Å². The maximum absolute atomic E-state index is 13.0. The molecule has 2 aliphatic heterocycles. The van der Waals surface area contributed by atoms with Gasteiger partial charge in [-0.05, 0) is 61.6 Å². The number of halogens is 1. The molecule has 1 aromatic heterocycles. The Balaban J connectivity index is 1.48. The van der Waals surface area contributed by atoms with Gasteiger partial charge in [0.1, 0.15) is 0 Å². The van der Waals surface area contributed by atoms with E-state index < -0.39 is 10.0 Å². The van der Waals surface area contributed by atoms with Crippen LogP contribution in [0.5, 0.6) is 0 Å². The molecule has 0 spiro atoms. The molecule has 170 valence electrons. The molecule has 32 heavy (non-hydrogen) atoms. The van der Waals surface area contributed by atoms with Crippen LogP contribution in [0.15, 0.2) is 52.5 Å². The lowest BCUT2D eigenvalue weighted by molar-refractivity contribution is 0.0960. The third-order valence-corrected chi connectivity index (χ3v) is 9.23. The normalized spacial score (nSPS) is 19.8. The standard InChI is InChI=1S/C23H26ClN3O3S2/c24-18-6-3-5-17(13-18)16-31-23-25-21-14-20(32(28,29)26-10-1-2-11-26)8-9-22(21)27(23)15-19-7-4-12-30-19/h3,5-6,8-9,13-14,19H,1-2,4,7,10-12,15-16H2/t19-/m0/s1. The van der Waals surface area contributed by atoms with Gasteiger partial charge in [0.05, 0.1) is 28.6 Å². The van der Waals surface area contributed by atoms with Crippen LogP contribution >= 0.6 is 23.4 Å². The van der Waals surface area contributed by atoms with Gasteiger partial charge in [-0.3, -0.25) is 0 Å². The van der Waals surface area contributed by atoms with Gasteiger partial charge in [0.15, 0.2) is 5.16 Å². The Hall–Kier alpha value is -1.58. The lowest BCUT2D eigenvalue weighted by Gasteiger charge is -2.16. The summed E-state index contributed by atoms with van der Waals surface area (Å²) < 4.78 is 35.7. The Morgan fingerprint density at radius 2 is 1.97 bits per heavy atom. The second-order valence-electron chi connectivity index (χ2n) is 8.32. The van der Waals surface area contributed by atoms with Crippen molar-refractivity contribution in [1.29, 1.82) is 0 Å². The highest BCUT2D eigenvalue weighted by Gasteiger charge is 2.28. The lowest BCUT2D eigenvalue weighted by atomic mass is 10.2. The van der Waals surface area contributed by atoms with Crippen molar-refractivity contribution in [3.05, 3.63) is 53.1 Å². The van der Waals surface area contributed by atoms with Crippen LogP contribution in [0.1, 0.15) is 31.2 Å². The first-order valence-electron chi connectivity index (χ1n) is 11.0. The van der Waals surface area contributed by atoms with Crippen LogP contribution < -0.4 is 0 Å². The van der Waals surface area contributed by atoms with Crippen LogP contribution in [0.2, 0.25) is 5.02 Å². The molecule has 9 heteroatoms. The van der Waals surface area contributed by atoms with Gasteiger partial charge in [0, 0.05) is 30.5 Å². The fourth-order valence-electron chi connectivity index (χ4n) is 4.38. The zero-order valence-corrected chi connectivity index (χ0v) is 20.1. The fourth-order valence-corrected chi connectivity index (χ4v) is 7.10. The Labute approximate surface area is 198 Å². The third kappa shape index (κ3) is 4.56. The van der Waals surface area contributed by atoms with Crippen molar-refractivity contribution in [3.63, 3.8) is 0 Å². The Bertz CT molecular complexity index is 1220. The molecule has 2 aromatic carbocycles. The minimum Gasteiger partial charge on any atom is -0.376 e. The molecule has 0 N–H and O–H groups in total. The number of rotatable bonds is 7. The molecule has 0 unspecified atom stereocenters. The van der Waals surface area contributed by atoms with Gasteiger partial charge in [-0.15, -0.1) is 0 Å². The van der Waals surface area contributed by atoms with Crippen LogP contribution in [0.3, 0.4) is 0 Å². The highest BCUT2D eigenvalue weighted by atomic mass is 35.5. The van der Waals surface area contributed by atoms with E-state index in [1.165, 1.54) is 0 Å². The molecule has 6 nitrogen and oxygen atoms in total. The van der Waals surface area contributed by atoms with Gasteiger partial charge in [-0.25, -0.2) is 13.4 Å². The molecule has 0 aliphatic carbocycles. The number of fused-ring (bicyclic) bond motifs is 1. The number of nitrogens with zero attached hydrogens (tertiary/aromatic N) is 3. The average Bonchev–Trinajstić information content (AvgIpc) is 3.54. The number of benzene rings is 2. The molecule has 3 heterocycles. The van der Waals surface area contributed by atoms with Crippen LogP contribution in [0.25, 0.3) is 11.0 Å². The van der Waals surface area contributed by atoms with E-state index in [0.29, 0.717) is 35.1 Å². The van der Waals surface area contributed by atoms with E-state index in [-0.39, 0.29) is 6.10 Å². The molecule has 2 aliphatic rings. The van der Waals surface area contributed by atoms with E-state index in [1.807, 2.05) is 30.3 Å². The lowest BCUT2D eigenvalue weighted by Crippen LogP contribution is -2.27. The second-order valence-corrected chi connectivity index (χ2v) is 11.6. The summed E-state index contributed by atoms with van der Waals surface area (Å²) in [6.07, 6.45) is 4.09. The Morgan fingerprint density at radius 3 is 2.72 bits per heavy atom. The molecular formula is C23H26ClN3O3S2. The van der Waals surface area contributed by atoms with Crippen LogP contribution in [-0.2, 0) is 27.1 Å². The van der Waals surface area contributed by atoms with Crippen molar-refractivity contribution < 1.29 is 13.2 Å². The van der Waals surface area contributed by atoms with E-state index in [1.54, 1.807) is 28.2 Å². The van der Waals surface area contributed by atoms with Crippen molar-refractivity contribution in [1.82, 2.24) is 13.9 Å². The number of sulfonamides is 1. The summed E-state index contributed by atoms with van der Waals surface area (Å²) in [7, 11) is -3.48. The number of hydrogen-bond acceptors (Lipinski definition) is 5. The summed E-state index contributed by atoms with van der Waals surface area (Å²) in [5.74, 6) is 0.730. The summed E-state index contributed by atoms with van der Waals surface area (Å²) in [4.78, 5) is 5.17. The van der Waals surface area contributed by atoms with Crippen molar-refractivity contribution in [2.45, 2.75) is 54.1 Å². The maximum atomic E-state index is 13.0. The quantitative estimate of drug-likeness (QED) is 0.438. The van der Waals surface area contributed by atoms with Crippen molar-refractivity contribution in [2.24, 2.45) is 0 Å². The molecule has 3 aromatic rings. The van der Waals surface area contributed by atoms with Crippen molar-refractivity contribution in [2.75, 3.05) is 19.7 Å². The average molecular weight is 492 g/mol. The molecule has 0 saturated carbocycles. The van der Waals surface area contributed by atoms with Crippen LogP contribution in [0.4, 0.5) is 0 Å². The molecule has 0 amide bonds. The van der Waals surface area contributed by atoms with Gasteiger partial charge in [-0.1, -0.05) is 35.5 Å². The molecule has 0 bridgehead atoms. The summed E-state index contributed by atoms with van der Waals surface area (Å²) in [5, 5.41) is 1.58. The Morgan fingerprint density at radius 1 is 1.12 bits per heavy atom. The zero-order valence-electron chi connectivity index (χ0n) is 17.7. The number of imidazole rings is 1. The van der Waals surface area contributed by atoms with E-state index in [9.17, 15) is 8.42 Å². The smallest absolute Gasteiger partial charge is 0.243 e. The number of aromatic nitrogens is 2. The first-order valence-corrected chi connectivity index (χ1v) is 13.8. The van der Waals surface area contributed by atoms with E-state index in [0.717, 1.165) is 54.3 Å². The molecular weight excluding hydrogens is 466 g/mol. The SMILES string of the molecule is O=S(=O)(c1ccc2c(c1)nc(SCc1cccc(Cl)c1)n2C[C@@H]1CCCO1)N1CCCC1. The predicted octanol–water partition coefficient (Wildman–Crippen LogP) is 4.95. The van der Waals surface area contributed by atoms with E-state index >= 15 is 0 Å². The van der Waals surface area contributed by atoms with Gasteiger partial charge in [0.2, 0.25) is 10.0 Å². The largest absolute Gasteiger partial charge is 0.376 e. The van der Waals surface area contributed by atoms with E-state index in [4.69, 9.17) is 21.3 Å². The molecule has 1 atom stereocenters. The van der Waals surface area contributed by atoms with Crippen LogP contribution in [-0.4, -0.2) is 48.1 Å². The summed E-state index contributed by atoms with van der Waals surface area (Å²) in [6, 6.07) is 13.2.